The van der Waals surface area contributed by atoms with E-state index in [1.54, 1.807) is 0 Å². The molecule has 7 nitrogen and oxygen atoms in total. The van der Waals surface area contributed by atoms with Crippen LogP contribution in [0.2, 0.25) is 0 Å². The zero-order valence-electron chi connectivity index (χ0n) is 16.5. The van der Waals surface area contributed by atoms with Gasteiger partial charge in [-0.25, -0.2) is 0 Å². The molecule has 0 saturated heterocycles. The fourth-order valence-corrected chi connectivity index (χ4v) is 2.91. The molecular formula is C21H27ClN4O3. The van der Waals surface area contributed by atoms with Crippen LogP contribution >= 0.6 is 12.4 Å². The van der Waals surface area contributed by atoms with Gasteiger partial charge >= 0.3 is 5.97 Å². The highest BCUT2D eigenvalue weighted by Crippen LogP contribution is 2.28. The normalized spacial score (nSPS) is 11.1. The van der Waals surface area contributed by atoms with E-state index < -0.39 is 12.0 Å². The maximum Gasteiger partial charge on any atom is 0.320 e. The number of halogens is 1. The fraction of sp³-hybridized carbons (Fsp3) is 0.381. The SMILES string of the molecule is CCc1cc(OCCCCN=[N+]=[N-])ccc1-c1ccc(C[C@H](N)C(=O)O)cc1.Cl. The third-order valence-electron chi connectivity index (χ3n) is 4.48. The van der Waals surface area contributed by atoms with E-state index in [4.69, 9.17) is 21.1 Å². The molecule has 0 aliphatic heterocycles. The quantitative estimate of drug-likeness (QED) is 0.236. The van der Waals surface area contributed by atoms with Crippen LogP contribution in [0.1, 0.15) is 30.9 Å². The number of carboxylic acid groups (broad SMARTS) is 1. The summed E-state index contributed by atoms with van der Waals surface area (Å²) in [6.45, 7) is 3.18. The summed E-state index contributed by atoms with van der Waals surface area (Å²) in [5.74, 6) is -0.167. The van der Waals surface area contributed by atoms with Gasteiger partial charge in [-0.1, -0.05) is 42.4 Å². The molecule has 2 aromatic rings. The molecule has 0 fully saturated rings. The average Bonchev–Trinajstić information content (AvgIpc) is 2.71. The summed E-state index contributed by atoms with van der Waals surface area (Å²) in [6, 6.07) is 13.0. The molecule has 0 aliphatic rings. The predicted molar refractivity (Wildman–Crippen MR) is 117 cm³/mol. The summed E-state index contributed by atoms with van der Waals surface area (Å²) in [7, 11) is 0. The van der Waals surface area contributed by atoms with Gasteiger partial charge < -0.3 is 15.6 Å². The standard InChI is InChI=1S/C21H26N4O3.ClH/c1-2-16-14-18(28-12-4-3-11-24-25-23)9-10-19(16)17-7-5-15(6-8-17)13-20(22)21(26)27;/h5-10,14,20H,2-4,11-13,22H2,1H3,(H,26,27);1H/t20-;/m0./s1. The lowest BCUT2D eigenvalue weighted by atomic mass is 9.96. The third-order valence-corrected chi connectivity index (χ3v) is 4.48. The Balaban J connectivity index is 0.00000420. The highest BCUT2D eigenvalue weighted by molar-refractivity contribution is 5.85. The summed E-state index contributed by atoms with van der Waals surface area (Å²) in [4.78, 5) is 13.6. The smallest absolute Gasteiger partial charge is 0.320 e. The van der Waals surface area contributed by atoms with E-state index in [9.17, 15) is 4.79 Å². The number of aliphatic carboxylic acids is 1. The van der Waals surface area contributed by atoms with Crippen LogP contribution in [-0.2, 0) is 17.6 Å². The Bertz CT molecular complexity index is 836. The molecule has 3 N–H and O–H groups in total. The molecule has 0 spiro atoms. The van der Waals surface area contributed by atoms with Gasteiger partial charge in [0, 0.05) is 11.5 Å². The maximum absolute atomic E-state index is 10.9. The van der Waals surface area contributed by atoms with Crippen molar-refractivity contribution in [3.63, 3.8) is 0 Å². The molecule has 0 unspecified atom stereocenters. The molecule has 0 radical (unpaired) electrons. The molecular weight excluding hydrogens is 392 g/mol. The minimum absolute atomic E-state index is 0. The Morgan fingerprint density at radius 1 is 1.24 bits per heavy atom. The molecule has 2 rings (SSSR count). The first-order valence-electron chi connectivity index (χ1n) is 9.39. The van der Waals surface area contributed by atoms with Crippen LogP contribution in [0.4, 0.5) is 0 Å². The topological polar surface area (TPSA) is 121 Å². The van der Waals surface area contributed by atoms with Gasteiger partial charge in [-0.3, -0.25) is 4.79 Å². The van der Waals surface area contributed by atoms with Gasteiger partial charge in [0.05, 0.1) is 6.61 Å². The van der Waals surface area contributed by atoms with Gasteiger partial charge in [-0.2, -0.15) is 0 Å². The van der Waals surface area contributed by atoms with Gasteiger partial charge in [0.15, 0.2) is 0 Å². The van der Waals surface area contributed by atoms with Gasteiger partial charge in [-0.05, 0) is 65.6 Å². The molecule has 1 atom stereocenters. The van der Waals surface area contributed by atoms with Crippen molar-refractivity contribution in [3.05, 3.63) is 64.0 Å². The lowest BCUT2D eigenvalue weighted by molar-refractivity contribution is -0.138. The number of hydrogen-bond donors (Lipinski definition) is 2. The Labute approximate surface area is 176 Å². The van der Waals surface area contributed by atoms with Crippen LogP contribution in [0.15, 0.2) is 47.6 Å². The van der Waals surface area contributed by atoms with Crippen molar-refractivity contribution in [1.82, 2.24) is 0 Å². The first-order chi connectivity index (χ1) is 13.5. The number of rotatable bonds is 11. The number of nitrogens with two attached hydrogens (primary N) is 1. The number of azide groups is 1. The summed E-state index contributed by atoms with van der Waals surface area (Å²) < 4.78 is 5.80. The fourth-order valence-electron chi connectivity index (χ4n) is 2.91. The monoisotopic (exact) mass is 418 g/mol. The van der Waals surface area contributed by atoms with Gasteiger partial charge in [0.1, 0.15) is 11.8 Å². The number of carboxylic acids is 1. The minimum Gasteiger partial charge on any atom is -0.494 e. The highest BCUT2D eigenvalue weighted by atomic mass is 35.5. The summed E-state index contributed by atoms with van der Waals surface area (Å²) in [5.41, 5.74) is 18.1. The number of ether oxygens (including phenoxy) is 1. The second kappa shape index (κ2) is 12.7. The van der Waals surface area contributed by atoms with Crippen molar-refractivity contribution in [2.45, 2.75) is 38.6 Å². The molecule has 2 aromatic carbocycles. The van der Waals surface area contributed by atoms with Crippen LogP contribution < -0.4 is 10.5 Å². The van der Waals surface area contributed by atoms with Crippen molar-refractivity contribution in [2.24, 2.45) is 10.8 Å². The number of nitrogens with zero attached hydrogens (tertiary/aromatic N) is 3. The van der Waals surface area contributed by atoms with E-state index in [0.29, 0.717) is 19.6 Å². The van der Waals surface area contributed by atoms with Crippen LogP contribution in [-0.4, -0.2) is 30.3 Å². The van der Waals surface area contributed by atoms with E-state index in [1.165, 1.54) is 5.56 Å². The second-order valence-corrected chi connectivity index (χ2v) is 6.53. The maximum atomic E-state index is 10.9. The van der Waals surface area contributed by atoms with Crippen LogP contribution in [0.3, 0.4) is 0 Å². The largest absolute Gasteiger partial charge is 0.494 e. The minimum atomic E-state index is -0.995. The van der Waals surface area contributed by atoms with Crippen molar-refractivity contribution in [3.8, 4) is 16.9 Å². The highest BCUT2D eigenvalue weighted by Gasteiger charge is 2.12. The first-order valence-corrected chi connectivity index (χ1v) is 9.39. The van der Waals surface area contributed by atoms with Crippen LogP contribution in [0.25, 0.3) is 21.6 Å². The zero-order chi connectivity index (χ0) is 20.4. The molecule has 8 heteroatoms. The number of carbonyl (C=O) groups is 1. The molecule has 0 heterocycles. The van der Waals surface area contributed by atoms with Crippen molar-refractivity contribution < 1.29 is 14.6 Å². The van der Waals surface area contributed by atoms with Gasteiger partial charge in [0.2, 0.25) is 0 Å². The number of unbranched alkanes of at least 4 members (excludes halogenated alkanes) is 1. The van der Waals surface area contributed by atoms with E-state index in [-0.39, 0.29) is 12.4 Å². The zero-order valence-corrected chi connectivity index (χ0v) is 17.3. The van der Waals surface area contributed by atoms with Crippen LogP contribution in [0, 0.1) is 0 Å². The Kier molecular flexibility index (Phi) is 10.6. The summed E-state index contributed by atoms with van der Waals surface area (Å²) in [6.07, 6.45) is 2.82. The number of hydrogen-bond acceptors (Lipinski definition) is 4. The first kappa shape index (κ1) is 24.3. The molecule has 0 amide bonds. The molecule has 0 saturated carbocycles. The number of benzene rings is 2. The third kappa shape index (κ3) is 7.66. The van der Waals surface area contributed by atoms with Crippen LogP contribution in [0.5, 0.6) is 5.75 Å². The van der Waals surface area contributed by atoms with E-state index in [1.807, 2.05) is 36.4 Å². The number of aryl methyl sites for hydroxylation is 1. The lowest BCUT2D eigenvalue weighted by Gasteiger charge is -2.13. The Morgan fingerprint density at radius 3 is 2.59 bits per heavy atom. The molecule has 156 valence electrons. The Morgan fingerprint density at radius 2 is 1.97 bits per heavy atom. The predicted octanol–water partition coefficient (Wildman–Crippen LogP) is 4.76. The molecule has 29 heavy (non-hydrogen) atoms. The van der Waals surface area contributed by atoms with Crippen molar-refractivity contribution >= 4 is 18.4 Å². The molecule has 0 aliphatic carbocycles. The van der Waals surface area contributed by atoms with E-state index >= 15 is 0 Å². The van der Waals surface area contributed by atoms with Gasteiger partial charge in [0.25, 0.3) is 0 Å². The molecule has 0 bridgehead atoms. The lowest BCUT2D eigenvalue weighted by Crippen LogP contribution is -2.32. The second-order valence-electron chi connectivity index (χ2n) is 6.53. The average molecular weight is 419 g/mol. The summed E-state index contributed by atoms with van der Waals surface area (Å²) in [5, 5.41) is 12.4. The Hall–Kier alpha value is -2.73. The molecule has 0 aromatic heterocycles. The van der Waals surface area contributed by atoms with Crippen molar-refractivity contribution in [1.29, 1.82) is 0 Å². The van der Waals surface area contributed by atoms with E-state index in [0.717, 1.165) is 41.7 Å². The van der Waals surface area contributed by atoms with Gasteiger partial charge in [-0.15, -0.1) is 12.4 Å². The van der Waals surface area contributed by atoms with Crippen molar-refractivity contribution in [2.75, 3.05) is 13.2 Å². The summed E-state index contributed by atoms with van der Waals surface area (Å²) >= 11 is 0. The van der Waals surface area contributed by atoms with E-state index in [2.05, 4.69) is 23.0 Å².